The maximum absolute atomic E-state index is 11.3. The predicted octanol–water partition coefficient (Wildman–Crippen LogP) is 1.92. The summed E-state index contributed by atoms with van der Waals surface area (Å²) in [5, 5.41) is 0. The SMILES string of the molecule is CCOC(=O)CC(C(C)CC)N(C)C. The van der Waals surface area contributed by atoms with Gasteiger partial charge in [-0.3, -0.25) is 4.79 Å². The van der Waals surface area contributed by atoms with Gasteiger partial charge < -0.3 is 9.64 Å². The average Bonchev–Trinajstić information content (AvgIpc) is 2.13. The smallest absolute Gasteiger partial charge is 0.307 e. The maximum Gasteiger partial charge on any atom is 0.307 e. The number of hydrogen-bond acceptors (Lipinski definition) is 3. The Morgan fingerprint density at radius 2 is 1.93 bits per heavy atom. The Labute approximate surface area is 87.4 Å². The molecule has 0 saturated carbocycles. The molecule has 0 aromatic heterocycles. The number of carbonyl (C=O) groups excluding carboxylic acids is 1. The van der Waals surface area contributed by atoms with E-state index in [1.165, 1.54) is 0 Å². The molecule has 0 bridgehead atoms. The lowest BCUT2D eigenvalue weighted by atomic mass is 9.95. The molecule has 2 unspecified atom stereocenters. The van der Waals surface area contributed by atoms with Crippen LogP contribution in [-0.4, -0.2) is 37.6 Å². The second kappa shape index (κ2) is 6.82. The van der Waals surface area contributed by atoms with Crippen LogP contribution in [0.1, 0.15) is 33.6 Å². The summed E-state index contributed by atoms with van der Waals surface area (Å²) in [5.41, 5.74) is 0. The topological polar surface area (TPSA) is 29.5 Å². The number of rotatable bonds is 6. The molecule has 0 N–H and O–H groups in total. The van der Waals surface area contributed by atoms with E-state index in [0.717, 1.165) is 6.42 Å². The Kier molecular flexibility index (Phi) is 6.54. The molecule has 0 aromatic carbocycles. The van der Waals surface area contributed by atoms with E-state index in [9.17, 15) is 4.79 Å². The Morgan fingerprint density at radius 3 is 2.29 bits per heavy atom. The van der Waals surface area contributed by atoms with Crippen LogP contribution < -0.4 is 0 Å². The highest BCUT2D eigenvalue weighted by Gasteiger charge is 2.21. The number of nitrogens with zero attached hydrogens (tertiary/aromatic N) is 1. The van der Waals surface area contributed by atoms with Crippen molar-refractivity contribution in [2.45, 2.75) is 39.7 Å². The first-order valence-electron chi connectivity index (χ1n) is 5.34. The van der Waals surface area contributed by atoms with Crippen molar-refractivity contribution in [2.24, 2.45) is 5.92 Å². The number of carbonyl (C=O) groups is 1. The van der Waals surface area contributed by atoms with E-state index in [0.29, 0.717) is 25.0 Å². The molecule has 0 spiro atoms. The van der Waals surface area contributed by atoms with Crippen molar-refractivity contribution in [3.05, 3.63) is 0 Å². The number of hydrogen-bond donors (Lipinski definition) is 0. The molecule has 3 nitrogen and oxygen atoms in total. The molecule has 0 aliphatic rings. The van der Waals surface area contributed by atoms with E-state index in [1.807, 2.05) is 21.0 Å². The largest absolute Gasteiger partial charge is 0.466 e. The second-order valence-corrected chi connectivity index (χ2v) is 3.93. The van der Waals surface area contributed by atoms with Crippen LogP contribution in [0.4, 0.5) is 0 Å². The molecule has 0 rings (SSSR count). The third kappa shape index (κ3) is 4.61. The monoisotopic (exact) mass is 201 g/mol. The van der Waals surface area contributed by atoms with Crippen LogP contribution in [-0.2, 0) is 9.53 Å². The van der Waals surface area contributed by atoms with Gasteiger partial charge in [-0.15, -0.1) is 0 Å². The molecule has 0 amide bonds. The summed E-state index contributed by atoms with van der Waals surface area (Å²) in [6, 6.07) is 0.291. The summed E-state index contributed by atoms with van der Waals surface area (Å²) >= 11 is 0. The van der Waals surface area contributed by atoms with Crippen LogP contribution in [0, 0.1) is 5.92 Å². The average molecular weight is 201 g/mol. The van der Waals surface area contributed by atoms with Crippen LogP contribution in [0.3, 0.4) is 0 Å². The minimum absolute atomic E-state index is 0.0912. The summed E-state index contributed by atoms with van der Waals surface area (Å²) < 4.78 is 4.95. The summed E-state index contributed by atoms with van der Waals surface area (Å²) in [7, 11) is 4.02. The molecular formula is C11H23NO2. The predicted molar refractivity (Wildman–Crippen MR) is 58.2 cm³/mol. The van der Waals surface area contributed by atoms with Crippen molar-refractivity contribution in [1.82, 2.24) is 4.90 Å². The Hall–Kier alpha value is -0.570. The van der Waals surface area contributed by atoms with Crippen LogP contribution in [0.25, 0.3) is 0 Å². The highest BCUT2D eigenvalue weighted by Crippen LogP contribution is 2.16. The van der Waals surface area contributed by atoms with Gasteiger partial charge in [0.1, 0.15) is 0 Å². The molecule has 0 fully saturated rings. The van der Waals surface area contributed by atoms with Gasteiger partial charge in [0.2, 0.25) is 0 Å². The van der Waals surface area contributed by atoms with E-state index < -0.39 is 0 Å². The highest BCUT2D eigenvalue weighted by atomic mass is 16.5. The molecular weight excluding hydrogens is 178 g/mol. The molecule has 14 heavy (non-hydrogen) atoms. The van der Waals surface area contributed by atoms with Gasteiger partial charge in [0.15, 0.2) is 0 Å². The van der Waals surface area contributed by atoms with Gasteiger partial charge in [-0.25, -0.2) is 0 Å². The zero-order valence-electron chi connectivity index (χ0n) is 10.0. The van der Waals surface area contributed by atoms with Gasteiger partial charge in [-0.1, -0.05) is 20.3 Å². The van der Waals surface area contributed by atoms with Crippen molar-refractivity contribution < 1.29 is 9.53 Å². The minimum atomic E-state index is -0.0912. The van der Waals surface area contributed by atoms with Gasteiger partial charge >= 0.3 is 5.97 Å². The normalized spacial score (nSPS) is 15.3. The van der Waals surface area contributed by atoms with Crippen molar-refractivity contribution in [3.8, 4) is 0 Å². The third-order valence-electron chi connectivity index (χ3n) is 2.65. The number of ether oxygens (including phenoxy) is 1. The first kappa shape index (κ1) is 13.4. The zero-order valence-corrected chi connectivity index (χ0v) is 10.0. The highest BCUT2D eigenvalue weighted by molar-refractivity contribution is 5.70. The number of esters is 1. The Morgan fingerprint density at radius 1 is 1.36 bits per heavy atom. The van der Waals surface area contributed by atoms with Gasteiger partial charge in [0, 0.05) is 6.04 Å². The van der Waals surface area contributed by atoms with Gasteiger partial charge in [0.25, 0.3) is 0 Å². The lowest BCUT2D eigenvalue weighted by molar-refractivity contribution is -0.144. The van der Waals surface area contributed by atoms with Crippen molar-refractivity contribution in [2.75, 3.05) is 20.7 Å². The molecule has 0 aromatic rings. The molecule has 0 aliphatic heterocycles. The zero-order chi connectivity index (χ0) is 11.1. The molecule has 3 heteroatoms. The maximum atomic E-state index is 11.3. The quantitative estimate of drug-likeness (QED) is 0.615. The third-order valence-corrected chi connectivity index (χ3v) is 2.65. The minimum Gasteiger partial charge on any atom is -0.466 e. The molecule has 0 heterocycles. The second-order valence-electron chi connectivity index (χ2n) is 3.93. The summed E-state index contributed by atoms with van der Waals surface area (Å²) in [6.07, 6.45) is 1.58. The van der Waals surface area contributed by atoms with Crippen molar-refractivity contribution in [3.63, 3.8) is 0 Å². The van der Waals surface area contributed by atoms with Crippen LogP contribution in [0.15, 0.2) is 0 Å². The first-order chi connectivity index (χ1) is 6.52. The van der Waals surface area contributed by atoms with Gasteiger partial charge in [-0.2, -0.15) is 0 Å². The molecule has 0 radical (unpaired) electrons. The molecule has 84 valence electrons. The molecule has 0 saturated heterocycles. The fourth-order valence-corrected chi connectivity index (χ4v) is 1.56. The van der Waals surface area contributed by atoms with E-state index in [-0.39, 0.29) is 5.97 Å². The molecule has 0 aliphatic carbocycles. The molecule has 2 atom stereocenters. The van der Waals surface area contributed by atoms with E-state index in [4.69, 9.17) is 4.74 Å². The van der Waals surface area contributed by atoms with Crippen molar-refractivity contribution in [1.29, 1.82) is 0 Å². The van der Waals surface area contributed by atoms with E-state index >= 15 is 0 Å². The first-order valence-corrected chi connectivity index (χ1v) is 5.34. The fourth-order valence-electron chi connectivity index (χ4n) is 1.56. The lowest BCUT2D eigenvalue weighted by Gasteiger charge is -2.28. The van der Waals surface area contributed by atoms with Crippen molar-refractivity contribution >= 4 is 5.97 Å². The van der Waals surface area contributed by atoms with Crippen LogP contribution in [0.5, 0.6) is 0 Å². The summed E-state index contributed by atoms with van der Waals surface area (Å²) in [5.74, 6) is 0.431. The Bertz CT molecular complexity index is 169. The van der Waals surface area contributed by atoms with Gasteiger partial charge in [-0.05, 0) is 26.9 Å². The summed E-state index contributed by atoms with van der Waals surface area (Å²) in [6.45, 7) is 6.63. The lowest BCUT2D eigenvalue weighted by Crippen LogP contribution is -2.36. The van der Waals surface area contributed by atoms with Crippen LogP contribution >= 0.6 is 0 Å². The Balaban J connectivity index is 4.16. The van der Waals surface area contributed by atoms with E-state index in [2.05, 4.69) is 18.7 Å². The fraction of sp³-hybridized carbons (Fsp3) is 0.909. The van der Waals surface area contributed by atoms with Crippen LogP contribution in [0.2, 0.25) is 0 Å². The standard InChI is InChI=1S/C11H23NO2/c1-6-9(3)10(12(4)5)8-11(13)14-7-2/h9-10H,6-8H2,1-5H3. The van der Waals surface area contributed by atoms with Gasteiger partial charge in [0.05, 0.1) is 13.0 Å². The van der Waals surface area contributed by atoms with E-state index in [1.54, 1.807) is 0 Å². The summed E-state index contributed by atoms with van der Waals surface area (Å²) in [4.78, 5) is 13.4.